The number of terminal acetylenes is 2. The van der Waals surface area contributed by atoms with E-state index in [-0.39, 0.29) is 38.1 Å². The molecule has 12 heteroatoms. The minimum Gasteiger partial charge on any atom is -0.480 e. The highest BCUT2D eigenvalue weighted by Crippen LogP contribution is 2.25. The Hall–Kier alpha value is -2.99. The fourth-order valence-corrected chi connectivity index (χ4v) is 4.69. The van der Waals surface area contributed by atoms with Gasteiger partial charge in [-0.05, 0) is 50.7 Å². The van der Waals surface area contributed by atoms with E-state index < -0.39 is 24.7 Å². The Morgan fingerprint density at radius 2 is 1.59 bits per heavy atom. The van der Waals surface area contributed by atoms with Crippen LogP contribution in [0.3, 0.4) is 0 Å². The molecule has 2 fully saturated rings. The zero-order valence-electron chi connectivity index (χ0n) is 22.4. The molecular formula is C27H38Cl2N4O6. The summed E-state index contributed by atoms with van der Waals surface area (Å²) in [7, 11) is 2.80. The van der Waals surface area contributed by atoms with Gasteiger partial charge in [-0.3, -0.25) is 9.69 Å². The highest BCUT2D eigenvalue weighted by molar-refractivity contribution is 6.42. The van der Waals surface area contributed by atoms with Crippen LogP contribution in [0.4, 0.5) is 4.79 Å². The predicted octanol–water partition coefficient (Wildman–Crippen LogP) is 2.45. The third-order valence-electron chi connectivity index (χ3n) is 5.97. The molecule has 2 saturated heterocycles. The van der Waals surface area contributed by atoms with Crippen LogP contribution in [0.15, 0.2) is 18.2 Å². The van der Waals surface area contributed by atoms with Crippen LogP contribution >= 0.6 is 23.2 Å². The number of likely N-dealkylation sites (tertiary alicyclic amines) is 1. The average molecular weight is 586 g/mol. The van der Waals surface area contributed by atoms with Crippen molar-refractivity contribution in [3.8, 4) is 25.7 Å². The van der Waals surface area contributed by atoms with Gasteiger partial charge in [0.15, 0.2) is 0 Å². The van der Waals surface area contributed by atoms with Gasteiger partial charge < -0.3 is 30.1 Å². The number of hydrogen-bond acceptors (Lipinski definition) is 7. The number of carboxylic acid groups (broad SMARTS) is 1. The number of rotatable bonds is 8. The summed E-state index contributed by atoms with van der Waals surface area (Å²) in [4.78, 5) is 42.3. The third-order valence-corrected chi connectivity index (χ3v) is 6.71. The second-order valence-corrected chi connectivity index (χ2v) is 9.13. The Balaban J connectivity index is 0.00000225. The van der Waals surface area contributed by atoms with Crippen molar-refractivity contribution in [3.05, 3.63) is 33.8 Å². The van der Waals surface area contributed by atoms with Gasteiger partial charge in [0.1, 0.15) is 6.61 Å². The maximum Gasteiger partial charge on any atom is 0.409 e. The van der Waals surface area contributed by atoms with Crippen LogP contribution in [0.25, 0.3) is 0 Å². The first-order valence-electron chi connectivity index (χ1n) is 12.1. The highest BCUT2D eigenvalue weighted by Gasteiger charge is 2.40. The average Bonchev–Trinajstić information content (AvgIpc) is 3.47. The lowest BCUT2D eigenvalue weighted by atomic mass is 10.0. The molecule has 2 heterocycles. The molecule has 0 unspecified atom stereocenters. The molecule has 2 aliphatic rings. The SMILES string of the molecule is C#C.C#C.CN.COC(=O)N1C[C@@H](CN2CCCC2)N(C(=O)Cc2ccc(Cl)c(Cl)c2)C[C@H]1COCC(=O)O. The molecule has 2 atom stereocenters. The van der Waals surface area contributed by atoms with Crippen molar-refractivity contribution in [1.82, 2.24) is 14.7 Å². The summed E-state index contributed by atoms with van der Waals surface area (Å²) < 4.78 is 10.2. The number of benzene rings is 1. The minimum atomic E-state index is -1.10. The number of halogens is 2. The van der Waals surface area contributed by atoms with E-state index in [0.717, 1.165) is 31.5 Å². The number of ether oxygens (including phenoxy) is 2. The van der Waals surface area contributed by atoms with Crippen molar-refractivity contribution in [2.45, 2.75) is 31.3 Å². The molecule has 1 aromatic carbocycles. The Morgan fingerprint density at radius 3 is 2.13 bits per heavy atom. The fraction of sp³-hybridized carbons (Fsp3) is 0.519. The Bertz CT molecular complexity index is 947. The molecular weight excluding hydrogens is 547 g/mol. The molecule has 0 spiro atoms. The van der Waals surface area contributed by atoms with Crippen molar-refractivity contribution in [3.63, 3.8) is 0 Å². The van der Waals surface area contributed by atoms with Crippen LogP contribution in [0, 0.1) is 25.7 Å². The zero-order valence-corrected chi connectivity index (χ0v) is 23.9. The second kappa shape index (κ2) is 20.0. The Kier molecular flexibility index (Phi) is 18.5. The summed E-state index contributed by atoms with van der Waals surface area (Å²) in [6.07, 6.45) is 17.8. The van der Waals surface area contributed by atoms with Crippen molar-refractivity contribution in [2.24, 2.45) is 5.73 Å². The summed E-state index contributed by atoms with van der Waals surface area (Å²) in [5.74, 6) is -1.21. The molecule has 0 bridgehead atoms. The zero-order chi connectivity index (χ0) is 30.0. The molecule has 0 aromatic heterocycles. The van der Waals surface area contributed by atoms with Crippen molar-refractivity contribution >= 4 is 41.2 Å². The molecule has 0 saturated carbocycles. The van der Waals surface area contributed by atoms with Gasteiger partial charge in [-0.25, -0.2) is 9.59 Å². The molecule has 2 aliphatic heterocycles. The monoisotopic (exact) mass is 584 g/mol. The topological polar surface area (TPSA) is 126 Å². The number of piperazine rings is 1. The molecule has 0 aliphatic carbocycles. The van der Waals surface area contributed by atoms with Crippen LogP contribution in [0.2, 0.25) is 10.0 Å². The standard InChI is InChI=1S/C22H29Cl2N3O6.2C2H2.CH5N/c1-32-22(31)27-11-16(10-25-6-2-3-7-25)26(12-17(27)13-33-14-21(29)30)20(28)9-15-4-5-18(23)19(24)8-15;3*1-2/h4-5,8,16-17H,2-3,6-7,9-14H2,1H3,(H,29,30);2*1-2H;2H2,1H3/t16-,17+;;;/m1.../s1. The summed E-state index contributed by atoms with van der Waals surface area (Å²) >= 11 is 12.1. The molecule has 1 aromatic rings. The number of carboxylic acids is 1. The summed E-state index contributed by atoms with van der Waals surface area (Å²) in [6, 6.07) is 4.35. The number of nitrogens with two attached hydrogens (primary N) is 1. The molecule has 3 N–H and O–H groups in total. The van der Waals surface area contributed by atoms with E-state index >= 15 is 0 Å². The van der Waals surface area contributed by atoms with Gasteiger partial charge in [0.2, 0.25) is 5.91 Å². The van der Waals surface area contributed by atoms with E-state index in [1.807, 2.05) is 0 Å². The van der Waals surface area contributed by atoms with Crippen molar-refractivity contribution < 1.29 is 29.0 Å². The van der Waals surface area contributed by atoms with Crippen LogP contribution < -0.4 is 5.73 Å². The lowest BCUT2D eigenvalue weighted by molar-refractivity contribution is -0.145. The van der Waals surface area contributed by atoms with E-state index in [0.29, 0.717) is 16.6 Å². The molecule has 216 valence electrons. The van der Waals surface area contributed by atoms with Gasteiger partial charge in [0.05, 0.1) is 42.3 Å². The van der Waals surface area contributed by atoms with Gasteiger partial charge >= 0.3 is 12.1 Å². The molecule has 10 nitrogen and oxygen atoms in total. The lowest BCUT2D eigenvalue weighted by Gasteiger charge is -2.46. The maximum absolute atomic E-state index is 13.4. The van der Waals surface area contributed by atoms with Gasteiger partial charge in [-0.1, -0.05) is 29.3 Å². The first-order chi connectivity index (χ1) is 18.8. The summed E-state index contributed by atoms with van der Waals surface area (Å²) in [5.41, 5.74) is 5.24. The normalized spacial score (nSPS) is 18.3. The summed E-state index contributed by atoms with van der Waals surface area (Å²) in [6.45, 7) is 2.53. The second-order valence-electron chi connectivity index (χ2n) is 8.32. The molecule has 0 radical (unpaired) electrons. The van der Waals surface area contributed by atoms with E-state index in [1.54, 1.807) is 23.1 Å². The first kappa shape index (κ1) is 36.0. The predicted molar refractivity (Wildman–Crippen MR) is 153 cm³/mol. The third kappa shape index (κ3) is 11.7. The van der Waals surface area contributed by atoms with E-state index in [4.69, 9.17) is 37.8 Å². The Labute approximate surface area is 241 Å². The smallest absolute Gasteiger partial charge is 0.409 e. The molecule has 2 amide bonds. The molecule has 39 heavy (non-hydrogen) atoms. The highest BCUT2D eigenvalue weighted by atomic mass is 35.5. The van der Waals surface area contributed by atoms with Gasteiger partial charge in [-0.2, -0.15) is 0 Å². The van der Waals surface area contributed by atoms with Gasteiger partial charge in [-0.15, -0.1) is 25.7 Å². The van der Waals surface area contributed by atoms with Crippen molar-refractivity contribution in [1.29, 1.82) is 0 Å². The number of amides is 2. The van der Waals surface area contributed by atoms with Crippen LogP contribution in [0.5, 0.6) is 0 Å². The van der Waals surface area contributed by atoms with E-state index in [2.05, 4.69) is 36.3 Å². The maximum atomic E-state index is 13.4. The fourth-order valence-electron chi connectivity index (χ4n) is 4.37. The van der Waals surface area contributed by atoms with Crippen LogP contribution in [-0.4, -0.2) is 110 Å². The summed E-state index contributed by atoms with van der Waals surface area (Å²) in [5, 5.41) is 9.69. The van der Waals surface area contributed by atoms with Crippen LogP contribution in [0.1, 0.15) is 18.4 Å². The van der Waals surface area contributed by atoms with Crippen LogP contribution in [-0.2, 0) is 25.5 Å². The first-order valence-corrected chi connectivity index (χ1v) is 12.9. The van der Waals surface area contributed by atoms with E-state index in [1.165, 1.54) is 19.1 Å². The number of aliphatic carboxylic acids is 1. The molecule has 3 rings (SSSR count). The van der Waals surface area contributed by atoms with E-state index in [9.17, 15) is 14.4 Å². The number of methoxy groups -OCH3 is 1. The van der Waals surface area contributed by atoms with Gasteiger partial charge in [0.25, 0.3) is 0 Å². The minimum absolute atomic E-state index is 0.0195. The van der Waals surface area contributed by atoms with Crippen molar-refractivity contribution in [2.75, 3.05) is 60.1 Å². The van der Waals surface area contributed by atoms with Gasteiger partial charge in [0, 0.05) is 19.6 Å². The number of carbonyl (C=O) groups excluding carboxylic acids is 2. The largest absolute Gasteiger partial charge is 0.480 e. The quantitative estimate of drug-likeness (QED) is 0.446. The lowest BCUT2D eigenvalue weighted by Crippen LogP contribution is -2.64. The Morgan fingerprint density at radius 1 is 1.00 bits per heavy atom. The number of hydrogen-bond donors (Lipinski definition) is 2. The number of carbonyl (C=O) groups is 3. The number of nitrogens with zero attached hydrogens (tertiary/aromatic N) is 3.